The molecule has 0 aromatic heterocycles. The number of β-lactam (4-membered cyclic amide) rings is 1. The summed E-state index contributed by atoms with van der Waals surface area (Å²) in [6.07, 6.45) is 0. The Morgan fingerprint density at radius 2 is 1.94 bits per heavy atom. The zero-order valence-corrected chi connectivity index (χ0v) is 22.2. The minimum absolute atomic E-state index is 0.0497. The number of esters is 1. The molecule has 194 valence electrons. The molecule has 2 saturated heterocycles. The van der Waals surface area contributed by atoms with Crippen LogP contribution in [0, 0.1) is 10.1 Å². The van der Waals surface area contributed by atoms with E-state index in [1.807, 2.05) is 13.8 Å². The van der Waals surface area contributed by atoms with Gasteiger partial charge in [-0.25, -0.2) is 4.79 Å². The molecular formula is C21H20Cl3N3O8S. The number of halogens is 3. The number of nitrogens with zero attached hydrogens (tertiary/aromatic N) is 3. The van der Waals surface area contributed by atoms with Crippen LogP contribution in [0.2, 0.25) is 0 Å². The molecule has 0 radical (unpaired) electrons. The molecule has 3 aliphatic rings. The van der Waals surface area contributed by atoms with Crippen LogP contribution in [0.4, 0.5) is 0 Å². The lowest BCUT2D eigenvalue weighted by Crippen LogP contribution is -2.79. The maximum atomic E-state index is 13.4. The molecule has 0 saturated carbocycles. The quantitative estimate of drug-likeness (QED) is 0.124. The normalized spacial score (nSPS) is 27.5. The van der Waals surface area contributed by atoms with Gasteiger partial charge in [0.25, 0.3) is 22.8 Å². The number of alkyl halides is 3. The van der Waals surface area contributed by atoms with E-state index >= 15 is 0 Å². The van der Waals surface area contributed by atoms with Crippen LogP contribution in [0.25, 0.3) is 0 Å². The molecule has 3 heterocycles. The van der Waals surface area contributed by atoms with Crippen LogP contribution >= 0.6 is 46.6 Å². The summed E-state index contributed by atoms with van der Waals surface area (Å²) in [5, 5.41) is 9.24. The minimum atomic E-state index is -1.96. The highest BCUT2D eigenvalue weighted by atomic mass is 35.6. The van der Waals surface area contributed by atoms with Crippen molar-refractivity contribution in [1.29, 1.82) is 0 Å². The molecule has 0 spiro atoms. The van der Waals surface area contributed by atoms with Crippen molar-refractivity contribution in [3.63, 3.8) is 0 Å². The molecule has 1 aromatic carbocycles. The van der Waals surface area contributed by atoms with Crippen molar-refractivity contribution in [2.45, 2.75) is 53.5 Å². The highest BCUT2D eigenvalue weighted by Crippen LogP contribution is 2.47. The van der Waals surface area contributed by atoms with Gasteiger partial charge < -0.3 is 14.5 Å². The summed E-state index contributed by atoms with van der Waals surface area (Å²) in [6.45, 7) is 4.36. The smallest absolute Gasteiger partial charge is 0.331 e. The summed E-state index contributed by atoms with van der Waals surface area (Å²) in [7, 11) is 0. The molecule has 0 bridgehead atoms. The van der Waals surface area contributed by atoms with E-state index in [1.54, 1.807) is 12.1 Å². The summed E-state index contributed by atoms with van der Waals surface area (Å²) < 4.78 is 3.07. The van der Waals surface area contributed by atoms with Gasteiger partial charge in [0, 0.05) is 5.75 Å². The molecule has 1 aromatic rings. The van der Waals surface area contributed by atoms with Gasteiger partial charge in [-0.05, 0) is 24.5 Å². The third-order valence-electron chi connectivity index (χ3n) is 6.21. The largest absolute Gasteiger partial charge is 0.460 e. The number of fused-ring (bicyclic) bond motifs is 2. The second-order valence-electron chi connectivity index (χ2n) is 9.05. The zero-order chi connectivity index (χ0) is 26.7. The summed E-state index contributed by atoms with van der Waals surface area (Å²) in [4.78, 5) is 70.8. The summed E-state index contributed by atoms with van der Waals surface area (Å²) in [5.74, 6) is -3.27. The topological polar surface area (TPSA) is 136 Å². The lowest BCUT2D eigenvalue weighted by atomic mass is 9.90. The van der Waals surface area contributed by atoms with Crippen molar-refractivity contribution in [3.8, 4) is 0 Å². The summed E-state index contributed by atoms with van der Waals surface area (Å²) >= 11 is 18.0. The molecule has 2 fully saturated rings. The van der Waals surface area contributed by atoms with Crippen molar-refractivity contribution in [2.75, 3.05) is 12.4 Å². The molecule has 11 nitrogen and oxygen atoms in total. The number of carbonyl (C=O) groups excluding carboxylic acids is 4. The van der Waals surface area contributed by atoms with Gasteiger partial charge >= 0.3 is 5.97 Å². The molecular weight excluding hydrogens is 561 g/mol. The molecule has 4 rings (SSSR count). The Balaban J connectivity index is 1.66. The van der Waals surface area contributed by atoms with Gasteiger partial charge in [0.1, 0.15) is 18.0 Å². The Bertz CT molecular complexity index is 1180. The molecule has 0 N–H and O–H groups in total. The lowest BCUT2D eigenvalue weighted by Gasteiger charge is -2.57. The third-order valence-corrected chi connectivity index (χ3v) is 8.11. The highest BCUT2D eigenvalue weighted by Gasteiger charge is 2.66. The van der Waals surface area contributed by atoms with Gasteiger partial charge in [-0.15, -0.1) is 21.9 Å². The van der Waals surface area contributed by atoms with Crippen molar-refractivity contribution in [1.82, 2.24) is 9.80 Å². The maximum Gasteiger partial charge on any atom is 0.331 e. The van der Waals surface area contributed by atoms with Crippen molar-refractivity contribution in [3.05, 3.63) is 45.0 Å². The lowest BCUT2D eigenvalue weighted by molar-refractivity contribution is -0.779. The number of hydrogen-bond donors (Lipinski definition) is 0. The first-order valence-corrected chi connectivity index (χ1v) is 12.9. The van der Waals surface area contributed by atoms with Crippen molar-refractivity contribution in [2.24, 2.45) is 0 Å². The molecule has 3 aliphatic heterocycles. The molecule has 15 heteroatoms. The number of thioether (sulfide) groups is 1. The van der Waals surface area contributed by atoms with E-state index in [2.05, 4.69) is 0 Å². The molecule has 3 amide bonds. The van der Waals surface area contributed by atoms with Crippen molar-refractivity contribution < 1.29 is 33.8 Å². The van der Waals surface area contributed by atoms with Crippen LogP contribution in [0.5, 0.6) is 0 Å². The van der Waals surface area contributed by atoms with E-state index in [0.717, 1.165) is 21.6 Å². The fourth-order valence-corrected chi connectivity index (χ4v) is 6.36. The van der Waals surface area contributed by atoms with Gasteiger partial charge in [0.2, 0.25) is 3.79 Å². The van der Waals surface area contributed by atoms with Crippen LogP contribution in [-0.2, 0) is 19.2 Å². The second kappa shape index (κ2) is 9.23. The van der Waals surface area contributed by atoms with E-state index in [0.29, 0.717) is 5.56 Å². The maximum absolute atomic E-state index is 13.4. The first-order valence-electron chi connectivity index (χ1n) is 10.7. The van der Waals surface area contributed by atoms with Gasteiger partial charge in [0.05, 0.1) is 11.1 Å². The Morgan fingerprint density at radius 1 is 1.28 bits per heavy atom. The van der Waals surface area contributed by atoms with Crippen LogP contribution in [0.1, 0.15) is 53.0 Å². The number of carbonyl (C=O) groups is 4. The average Bonchev–Trinajstić information content (AvgIpc) is 3.01. The van der Waals surface area contributed by atoms with E-state index in [-0.39, 0.29) is 22.8 Å². The average molecular weight is 581 g/mol. The third kappa shape index (κ3) is 4.37. The standard InChI is InChI=1S/C21H20Cl3N3O8S/c1-9(2)10-5-4-6-11-12(10)16(29)25(15(11)28)13-17(30)26-14(19(31)34-7-21(22,23)24)20(3,35-27(32)33)8-36-18(13)26/h4-6,9,13-14,18H,7-8H2,1-3H3/t13?,14?,18-,20+/m0/s1. The Hall–Kier alpha value is -2.28. The molecule has 0 aliphatic carbocycles. The van der Waals surface area contributed by atoms with E-state index in [1.165, 1.54) is 13.0 Å². The molecule has 2 unspecified atom stereocenters. The Kier molecular flexibility index (Phi) is 6.87. The Labute approximate surface area is 224 Å². The first-order chi connectivity index (χ1) is 16.7. The molecule has 4 atom stereocenters. The fraction of sp³-hybridized carbons (Fsp3) is 0.524. The minimum Gasteiger partial charge on any atom is -0.460 e. The number of rotatable bonds is 6. The summed E-state index contributed by atoms with van der Waals surface area (Å²) in [6, 6.07) is 2.14. The summed E-state index contributed by atoms with van der Waals surface area (Å²) in [5.41, 5.74) is -0.695. The SMILES string of the molecule is CC(C)c1cccc2c1C(=O)N(C1C(=O)N3C(C(=O)OCC(Cl)(Cl)Cl)[C@](C)(O[N+](=O)[O-])CS[C@@H]13)C2=O. The van der Waals surface area contributed by atoms with Gasteiger partial charge in [-0.1, -0.05) is 60.8 Å². The van der Waals surface area contributed by atoms with E-state index in [9.17, 15) is 29.3 Å². The number of ether oxygens (including phenoxy) is 1. The monoisotopic (exact) mass is 579 g/mol. The van der Waals surface area contributed by atoms with Gasteiger partial charge in [-0.2, -0.15) is 0 Å². The van der Waals surface area contributed by atoms with E-state index < -0.39 is 62.2 Å². The zero-order valence-electron chi connectivity index (χ0n) is 19.1. The van der Waals surface area contributed by atoms with E-state index in [4.69, 9.17) is 44.4 Å². The Morgan fingerprint density at radius 3 is 2.53 bits per heavy atom. The van der Waals surface area contributed by atoms with Gasteiger partial charge in [0.15, 0.2) is 11.6 Å². The number of hydrogen-bond acceptors (Lipinski definition) is 9. The van der Waals surface area contributed by atoms with Crippen LogP contribution in [0.3, 0.4) is 0 Å². The molecule has 36 heavy (non-hydrogen) atoms. The fourth-order valence-electron chi connectivity index (χ4n) is 4.68. The number of amides is 3. The van der Waals surface area contributed by atoms with Crippen LogP contribution in [-0.4, -0.2) is 77.8 Å². The van der Waals surface area contributed by atoms with Crippen LogP contribution in [0.15, 0.2) is 18.2 Å². The second-order valence-corrected chi connectivity index (χ2v) is 12.7. The first kappa shape index (κ1) is 26.8. The van der Waals surface area contributed by atoms with Crippen molar-refractivity contribution >= 4 is 70.3 Å². The number of benzene rings is 1. The number of imide groups is 1. The predicted octanol–water partition coefficient (Wildman–Crippen LogP) is 2.94. The highest BCUT2D eigenvalue weighted by molar-refractivity contribution is 8.00. The van der Waals surface area contributed by atoms with Gasteiger partial charge in [-0.3, -0.25) is 19.3 Å². The predicted molar refractivity (Wildman–Crippen MR) is 129 cm³/mol. The van der Waals surface area contributed by atoms with Crippen LogP contribution < -0.4 is 0 Å².